The fourth-order valence-corrected chi connectivity index (χ4v) is 3.32. The summed E-state index contributed by atoms with van der Waals surface area (Å²) in [6, 6.07) is 15.0. The zero-order valence-electron chi connectivity index (χ0n) is 17.5. The van der Waals surface area contributed by atoms with Gasteiger partial charge in [0.2, 0.25) is 0 Å². The van der Waals surface area contributed by atoms with E-state index in [1.807, 2.05) is 31.2 Å². The van der Waals surface area contributed by atoms with Gasteiger partial charge in [-0.05, 0) is 42.2 Å². The van der Waals surface area contributed by atoms with Crippen molar-refractivity contribution in [1.82, 2.24) is 0 Å². The molecule has 0 aliphatic rings. The van der Waals surface area contributed by atoms with Gasteiger partial charge in [-0.15, -0.1) is 0 Å². The summed E-state index contributed by atoms with van der Waals surface area (Å²) in [4.78, 5) is 0. The summed E-state index contributed by atoms with van der Waals surface area (Å²) < 4.78 is 48.0. The fraction of sp³-hybridized carbons (Fsp3) is 0.231. The molecule has 1 atom stereocenters. The van der Waals surface area contributed by atoms with Crippen molar-refractivity contribution in [1.29, 1.82) is 0 Å². The van der Waals surface area contributed by atoms with Gasteiger partial charge in [0.15, 0.2) is 23.2 Å². The Morgan fingerprint density at radius 3 is 2.23 bits per heavy atom. The van der Waals surface area contributed by atoms with Gasteiger partial charge in [0.25, 0.3) is 0 Å². The number of halogens is 3. The second-order valence-corrected chi connectivity index (χ2v) is 7.21. The molecule has 1 unspecified atom stereocenters. The average Bonchev–Trinajstić information content (AvgIpc) is 2.77. The maximum Gasteiger partial charge on any atom is 0.166 e. The van der Waals surface area contributed by atoms with Gasteiger partial charge in [-0.3, -0.25) is 0 Å². The molecule has 0 aliphatic carbocycles. The van der Waals surface area contributed by atoms with Gasteiger partial charge in [-0.25, -0.2) is 13.2 Å². The zero-order valence-corrected chi connectivity index (χ0v) is 17.5. The molecule has 1 N–H and O–H groups in total. The van der Waals surface area contributed by atoms with Crippen molar-refractivity contribution in [3.8, 4) is 16.9 Å². The van der Waals surface area contributed by atoms with Crippen LogP contribution in [0.3, 0.4) is 0 Å². The van der Waals surface area contributed by atoms with Gasteiger partial charge < -0.3 is 9.84 Å². The Morgan fingerprint density at radius 1 is 0.871 bits per heavy atom. The molecule has 162 valence electrons. The summed E-state index contributed by atoms with van der Waals surface area (Å²) in [5.74, 6) is -2.21. The second kappa shape index (κ2) is 10.3. The Kier molecular flexibility index (Phi) is 7.53. The first kappa shape index (κ1) is 22.6. The summed E-state index contributed by atoms with van der Waals surface area (Å²) in [5, 5.41) is 9.95. The van der Waals surface area contributed by atoms with Crippen LogP contribution in [-0.4, -0.2) is 11.7 Å². The highest BCUT2D eigenvalue weighted by atomic mass is 19.2. The Labute approximate surface area is 180 Å². The standard InChI is InChI=1S/C26H25F3O2/c1-3-5-23(30)21-14-12-19(25(28)26(21)29)11-8-17-6-9-18(10-7-17)20-13-15-24(31-4-2)22(27)16-20/h6-16,23,30H,3-5H2,1-2H3/b11-8+. The lowest BCUT2D eigenvalue weighted by molar-refractivity contribution is 0.160. The zero-order chi connectivity index (χ0) is 22.4. The lowest BCUT2D eigenvalue weighted by Crippen LogP contribution is -2.03. The lowest BCUT2D eigenvalue weighted by Gasteiger charge is -2.12. The molecule has 3 aromatic carbocycles. The van der Waals surface area contributed by atoms with Gasteiger partial charge >= 0.3 is 0 Å². The van der Waals surface area contributed by atoms with Crippen LogP contribution in [0.2, 0.25) is 0 Å². The summed E-state index contributed by atoms with van der Waals surface area (Å²) in [6.07, 6.45) is 3.18. The molecule has 0 amide bonds. The van der Waals surface area contributed by atoms with Crippen molar-refractivity contribution in [3.05, 3.63) is 88.7 Å². The molecule has 5 heteroatoms. The molecule has 0 spiro atoms. The summed E-state index contributed by atoms with van der Waals surface area (Å²) in [5.41, 5.74) is 2.40. The van der Waals surface area contributed by atoms with Crippen molar-refractivity contribution < 1.29 is 23.0 Å². The molecule has 0 heterocycles. The normalized spacial score (nSPS) is 12.3. The molecule has 2 nitrogen and oxygen atoms in total. The van der Waals surface area contributed by atoms with E-state index in [9.17, 15) is 18.3 Å². The molecular formula is C26H25F3O2. The number of benzene rings is 3. The van der Waals surface area contributed by atoms with Gasteiger partial charge in [-0.1, -0.05) is 68.0 Å². The monoisotopic (exact) mass is 426 g/mol. The minimum atomic E-state index is -1.02. The van der Waals surface area contributed by atoms with Crippen molar-refractivity contribution in [3.63, 3.8) is 0 Å². The molecule has 0 saturated carbocycles. The van der Waals surface area contributed by atoms with Gasteiger partial charge in [-0.2, -0.15) is 0 Å². The maximum atomic E-state index is 14.4. The number of aliphatic hydroxyl groups excluding tert-OH is 1. The number of hydrogen-bond acceptors (Lipinski definition) is 2. The number of ether oxygens (including phenoxy) is 1. The van der Waals surface area contributed by atoms with Gasteiger partial charge in [0.05, 0.1) is 12.7 Å². The molecule has 0 radical (unpaired) electrons. The predicted octanol–water partition coefficient (Wildman–Crippen LogP) is 7.17. The summed E-state index contributed by atoms with van der Waals surface area (Å²) >= 11 is 0. The molecule has 3 rings (SSSR count). The Morgan fingerprint density at radius 2 is 1.58 bits per heavy atom. The Bertz CT molecular complexity index is 1060. The number of rotatable bonds is 8. The van der Waals surface area contributed by atoms with E-state index in [-0.39, 0.29) is 16.9 Å². The van der Waals surface area contributed by atoms with E-state index in [1.165, 1.54) is 24.3 Å². The predicted molar refractivity (Wildman–Crippen MR) is 118 cm³/mol. The van der Waals surface area contributed by atoms with Crippen LogP contribution in [-0.2, 0) is 0 Å². The average molecular weight is 426 g/mol. The van der Waals surface area contributed by atoms with E-state index in [0.717, 1.165) is 11.1 Å². The minimum Gasteiger partial charge on any atom is -0.491 e. The van der Waals surface area contributed by atoms with Crippen LogP contribution in [0.4, 0.5) is 13.2 Å². The molecule has 31 heavy (non-hydrogen) atoms. The van der Waals surface area contributed by atoms with E-state index in [0.29, 0.717) is 25.0 Å². The quantitative estimate of drug-likeness (QED) is 0.387. The highest BCUT2D eigenvalue weighted by molar-refractivity contribution is 5.72. The third-order valence-electron chi connectivity index (χ3n) is 4.99. The third kappa shape index (κ3) is 5.36. The lowest BCUT2D eigenvalue weighted by atomic mass is 10.0. The van der Waals surface area contributed by atoms with Crippen LogP contribution >= 0.6 is 0 Å². The van der Waals surface area contributed by atoms with Crippen LogP contribution in [0, 0.1) is 17.5 Å². The van der Waals surface area contributed by atoms with Crippen LogP contribution in [0.1, 0.15) is 49.5 Å². The highest BCUT2D eigenvalue weighted by Crippen LogP contribution is 2.28. The molecule has 0 aliphatic heterocycles. The topological polar surface area (TPSA) is 29.5 Å². The first-order valence-electron chi connectivity index (χ1n) is 10.3. The van der Waals surface area contributed by atoms with Crippen molar-refractivity contribution >= 4 is 12.2 Å². The molecular weight excluding hydrogens is 401 g/mol. The first-order valence-corrected chi connectivity index (χ1v) is 10.3. The van der Waals surface area contributed by atoms with Crippen LogP contribution in [0.15, 0.2) is 54.6 Å². The van der Waals surface area contributed by atoms with Crippen molar-refractivity contribution in [2.45, 2.75) is 32.8 Å². The largest absolute Gasteiger partial charge is 0.491 e. The molecule has 0 fully saturated rings. The summed E-state index contributed by atoms with van der Waals surface area (Å²) in [7, 11) is 0. The van der Waals surface area contributed by atoms with Gasteiger partial charge in [0.1, 0.15) is 0 Å². The van der Waals surface area contributed by atoms with E-state index < -0.39 is 23.6 Å². The van der Waals surface area contributed by atoms with Crippen molar-refractivity contribution in [2.75, 3.05) is 6.61 Å². The van der Waals surface area contributed by atoms with E-state index in [4.69, 9.17) is 4.74 Å². The maximum absolute atomic E-state index is 14.4. The van der Waals surface area contributed by atoms with Crippen LogP contribution in [0.5, 0.6) is 5.75 Å². The SMILES string of the molecule is CCCC(O)c1ccc(/C=C/c2ccc(-c3ccc(OCC)c(F)c3)cc2)c(F)c1F. The third-order valence-corrected chi connectivity index (χ3v) is 4.99. The van der Waals surface area contributed by atoms with Crippen LogP contribution in [0.25, 0.3) is 23.3 Å². The van der Waals surface area contributed by atoms with E-state index >= 15 is 0 Å². The minimum absolute atomic E-state index is 0.0246. The Hall–Kier alpha value is -3.05. The molecule has 0 bridgehead atoms. The number of hydrogen-bond donors (Lipinski definition) is 1. The van der Waals surface area contributed by atoms with Gasteiger partial charge in [0, 0.05) is 11.1 Å². The van der Waals surface area contributed by atoms with Crippen molar-refractivity contribution in [2.24, 2.45) is 0 Å². The summed E-state index contributed by atoms with van der Waals surface area (Å²) in [6.45, 7) is 4.06. The molecule has 0 saturated heterocycles. The van der Waals surface area contributed by atoms with E-state index in [1.54, 1.807) is 25.1 Å². The first-order chi connectivity index (χ1) is 14.9. The Balaban J connectivity index is 1.77. The fourth-order valence-electron chi connectivity index (χ4n) is 3.32. The van der Waals surface area contributed by atoms with E-state index in [2.05, 4.69) is 0 Å². The highest BCUT2D eigenvalue weighted by Gasteiger charge is 2.17. The molecule has 3 aromatic rings. The smallest absolute Gasteiger partial charge is 0.166 e. The number of aliphatic hydroxyl groups is 1. The molecule has 0 aromatic heterocycles. The van der Waals surface area contributed by atoms with Crippen LogP contribution < -0.4 is 4.74 Å². The second-order valence-electron chi connectivity index (χ2n) is 7.21.